The summed E-state index contributed by atoms with van der Waals surface area (Å²) in [6.07, 6.45) is 1.16. The molecule has 20 heavy (non-hydrogen) atoms. The molecule has 1 aliphatic rings. The molecule has 0 fully saturated rings. The number of esters is 1. The van der Waals surface area contributed by atoms with Gasteiger partial charge in [0.15, 0.2) is 0 Å². The van der Waals surface area contributed by atoms with Crippen molar-refractivity contribution in [2.75, 3.05) is 25.6 Å². The molecule has 1 aromatic carbocycles. The molecule has 0 aliphatic carbocycles. The third kappa shape index (κ3) is 3.29. The minimum absolute atomic E-state index is 0.0209. The summed E-state index contributed by atoms with van der Waals surface area (Å²) in [4.78, 5) is 25.1. The predicted octanol–water partition coefficient (Wildman–Crippen LogP) is 1.64. The van der Waals surface area contributed by atoms with Crippen molar-refractivity contribution in [2.24, 2.45) is 0 Å². The van der Waals surface area contributed by atoms with Gasteiger partial charge < -0.3 is 15.0 Å². The summed E-state index contributed by atoms with van der Waals surface area (Å²) < 4.78 is 4.54. The number of anilines is 1. The Morgan fingerprint density at radius 3 is 2.85 bits per heavy atom. The molecule has 1 aliphatic heterocycles. The van der Waals surface area contributed by atoms with E-state index in [9.17, 15) is 9.59 Å². The van der Waals surface area contributed by atoms with Crippen LogP contribution in [0.25, 0.3) is 0 Å². The molecule has 1 atom stereocenters. The minimum atomic E-state index is -0.357. The SMILES string of the molecule is COC(=O)CCC(=O)NC1CCN(C)c2ccccc21. The smallest absolute Gasteiger partial charge is 0.306 e. The number of hydrogen-bond acceptors (Lipinski definition) is 4. The molecule has 1 unspecified atom stereocenters. The van der Waals surface area contributed by atoms with Crippen molar-refractivity contribution in [2.45, 2.75) is 25.3 Å². The molecule has 1 heterocycles. The van der Waals surface area contributed by atoms with Gasteiger partial charge in [0, 0.05) is 25.7 Å². The van der Waals surface area contributed by atoms with E-state index in [1.165, 1.54) is 7.11 Å². The number of benzene rings is 1. The zero-order valence-corrected chi connectivity index (χ0v) is 11.9. The number of rotatable bonds is 4. The first-order chi connectivity index (χ1) is 9.61. The van der Waals surface area contributed by atoms with Gasteiger partial charge in [-0.05, 0) is 18.1 Å². The summed E-state index contributed by atoms with van der Waals surface area (Å²) in [6, 6.07) is 8.09. The maximum atomic E-state index is 11.9. The van der Waals surface area contributed by atoms with Crippen molar-refractivity contribution in [1.82, 2.24) is 5.32 Å². The molecular weight excluding hydrogens is 256 g/mol. The van der Waals surface area contributed by atoms with Gasteiger partial charge in [0.2, 0.25) is 5.91 Å². The first-order valence-corrected chi connectivity index (χ1v) is 6.78. The molecule has 5 heteroatoms. The van der Waals surface area contributed by atoms with Crippen molar-refractivity contribution in [1.29, 1.82) is 0 Å². The first-order valence-electron chi connectivity index (χ1n) is 6.78. The summed E-state index contributed by atoms with van der Waals surface area (Å²) >= 11 is 0. The third-order valence-electron chi connectivity index (χ3n) is 3.60. The predicted molar refractivity (Wildman–Crippen MR) is 76.5 cm³/mol. The normalized spacial score (nSPS) is 17.3. The fourth-order valence-corrected chi connectivity index (χ4v) is 2.46. The lowest BCUT2D eigenvalue weighted by Gasteiger charge is -2.33. The molecule has 0 saturated heterocycles. The number of fused-ring (bicyclic) bond motifs is 1. The van der Waals surface area contributed by atoms with Crippen LogP contribution in [-0.2, 0) is 14.3 Å². The standard InChI is InChI=1S/C15H20N2O3/c1-17-10-9-12(11-5-3-4-6-13(11)17)16-14(18)7-8-15(19)20-2/h3-6,12H,7-10H2,1-2H3,(H,16,18). The molecule has 2 rings (SSSR count). The van der Waals surface area contributed by atoms with E-state index in [-0.39, 0.29) is 30.8 Å². The molecule has 1 amide bonds. The van der Waals surface area contributed by atoms with Gasteiger partial charge in [0.25, 0.3) is 0 Å². The number of nitrogens with one attached hydrogen (secondary N) is 1. The molecule has 0 bridgehead atoms. The van der Waals surface area contributed by atoms with Crippen LogP contribution in [0.4, 0.5) is 5.69 Å². The Morgan fingerprint density at radius 1 is 1.35 bits per heavy atom. The quantitative estimate of drug-likeness (QED) is 0.849. The Bertz CT molecular complexity index is 502. The topological polar surface area (TPSA) is 58.6 Å². The van der Waals surface area contributed by atoms with E-state index in [1.807, 2.05) is 25.2 Å². The molecule has 0 spiro atoms. The van der Waals surface area contributed by atoms with E-state index in [0.29, 0.717) is 0 Å². The number of carbonyl (C=O) groups is 2. The van der Waals surface area contributed by atoms with Crippen LogP contribution in [-0.4, -0.2) is 32.6 Å². The Labute approximate surface area is 118 Å². The lowest BCUT2D eigenvalue weighted by Crippen LogP contribution is -2.36. The second-order valence-electron chi connectivity index (χ2n) is 4.97. The first kappa shape index (κ1) is 14.4. The van der Waals surface area contributed by atoms with Crippen LogP contribution in [0.1, 0.15) is 30.9 Å². The minimum Gasteiger partial charge on any atom is -0.469 e. The van der Waals surface area contributed by atoms with Crippen LogP contribution in [0, 0.1) is 0 Å². The zero-order valence-electron chi connectivity index (χ0n) is 11.9. The maximum absolute atomic E-state index is 11.9. The van der Waals surface area contributed by atoms with E-state index in [4.69, 9.17) is 0 Å². The number of ether oxygens (including phenoxy) is 1. The molecule has 108 valence electrons. The zero-order chi connectivity index (χ0) is 14.5. The van der Waals surface area contributed by atoms with Crippen molar-refractivity contribution in [3.63, 3.8) is 0 Å². The van der Waals surface area contributed by atoms with Crippen LogP contribution in [0.15, 0.2) is 24.3 Å². The van der Waals surface area contributed by atoms with Gasteiger partial charge in [-0.2, -0.15) is 0 Å². The van der Waals surface area contributed by atoms with Crippen LogP contribution in [0.5, 0.6) is 0 Å². The van der Waals surface area contributed by atoms with Crippen molar-refractivity contribution >= 4 is 17.6 Å². The average molecular weight is 276 g/mol. The Balaban J connectivity index is 1.99. The number of nitrogens with zero attached hydrogens (tertiary/aromatic N) is 1. The monoisotopic (exact) mass is 276 g/mol. The number of hydrogen-bond donors (Lipinski definition) is 1. The fourth-order valence-electron chi connectivity index (χ4n) is 2.46. The van der Waals surface area contributed by atoms with Gasteiger partial charge in [-0.3, -0.25) is 9.59 Å². The molecule has 1 N–H and O–H groups in total. The molecule has 1 aromatic rings. The number of amides is 1. The average Bonchev–Trinajstić information content (AvgIpc) is 2.48. The van der Waals surface area contributed by atoms with Crippen LogP contribution in [0.3, 0.4) is 0 Å². The Hall–Kier alpha value is -2.04. The van der Waals surface area contributed by atoms with Crippen LogP contribution in [0.2, 0.25) is 0 Å². The van der Waals surface area contributed by atoms with E-state index in [1.54, 1.807) is 0 Å². The summed E-state index contributed by atoms with van der Waals surface area (Å²) in [5.41, 5.74) is 2.28. The Morgan fingerprint density at radius 2 is 2.10 bits per heavy atom. The molecule has 5 nitrogen and oxygen atoms in total. The number of para-hydroxylation sites is 1. The highest BCUT2D eigenvalue weighted by molar-refractivity contribution is 5.81. The third-order valence-corrected chi connectivity index (χ3v) is 3.60. The van der Waals surface area contributed by atoms with E-state index < -0.39 is 0 Å². The lowest BCUT2D eigenvalue weighted by atomic mass is 9.96. The molecule has 0 radical (unpaired) electrons. The van der Waals surface area contributed by atoms with Crippen molar-refractivity contribution in [3.8, 4) is 0 Å². The molecular formula is C15H20N2O3. The highest BCUT2D eigenvalue weighted by Crippen LogP contribution is 2.32. The fraction of sp³-hybridized carbons (Fsp3) is 0.467. The molecule has 0 aromatic heterocycles. The van der Waals surface area contributed by atoms with Gasteiger partial charge >= 0.3 is 5.97 Å². The van der Waals surface area contributed by atoms with Gasteiger partial charge in [-0.1, -0.05) is 18.2 Å². The van der Waals surface area contributed by atoms with Gasteiger partial charge in [-0.25, -0.2) is 0 Å². The number of carbonyl (C=O) groups excluding carboxylic acids is 2. The highest BCUT2D eigenvalue weighted by atomic mass is 16.5. The van der Waals surface area contributed by atoms with E-state index in [2.05, 4.69) is 21.0 Å². The second-order valence-corrected chi connectivity index (χ2v) is 4.97. The highest BCUT2D eigenvalue weighted by Gasteiger charge is 2.24. The summed E-state index contributed by atoms with van der Waals surface area (Å²) in [5.74, 6) is -0.469. The van der Waals surface area contributed by atoms with Crippen molar-refractivity contribution in [3.05, 3.63) is 29.8 Å². The van der Waals surface area contributed by atoms with Crippen LogP contribution >= 0.6 is 0 Å². The van der Waals surface area contributed by atoms with E-state index >= 15 is 0 Å². The molecule has 0 saturated carbocycles. The lowest BCUT2D eigenvalue weighted by molar-refractivity contribution is -0.142. The summed E-state index contributed by atoms with van der Waals surface area (Å²) in [7, 11) is 3.38. The Kier molecular flexibility index (Phi) is 4.61. The van der Waals surface area contributed by atoms with Gasteiger partial charge in [0.1, 0.15) is 0 Å². The number of methoxy groups -OCH3 is 1. The maximum Gasteiger partial charge on any atom is 0.306 e. The van der Waals surface area contributed by atoms with Crippen LogP contribution < -0.4 is 10.2 Å². The van der Waals surface area contributed by atoms with Gasteiger partial charge in [-0.15, -0.1) is 0 Å². The van der Waals surface area contributed by atoms with E-state index in [0.717, 1.165) is 24.2 Å². The largest absolute Gasteiger partial charge is 0.469 e. The van der Waals surface area contributed by atoms with Gasteiger partial charge in [0.05, 0.1) is 19.6 Å². The summed E-state index contributed by atoms with van der Waals surface area (Å²) in [5, 5.41) is 3.00. The van der Waals surface area contributed by atoms with Crippen molar-refractivity contribution < 1.29 is 14.3 Å². The second kappa shape index (κ2) is 6.41. The summed E-state index contributed by atoms with van der Waals surface area (Å²) in [6.45, 7) is 0.902.